The van der Waals surface area contributed by atoms with Gasteiger partial charge in [-0.25, -0.2) is 0 Å². The second-order valence-corrected chi connectivity index (χ2v) is 3.51. The summed E-state index contributed by atoms with van der Waals surface area (Å²) < 4.78 is 7.33. The standard InChI is InChI=1S/C12H15NO/c1-10-4-3-5-11-6-7-13(12(10)11)8-9-14-2/h3-7H,8-9H2,1-2H3. The second kappa shape index (κ2) is 3.84. The second-order valence-electron chi connectivity index (χ2n) is 3.51. The van der Waals surface area contributed by atoms with Crippen molar-refractivity contribution >= 4 is 10.9 Å². The summed E-state index contributed by atoms with van der Waals surface area (Å²) in [4.78, 5) is 0. The zero-order valence-electron chi connectivity index (χ0n) is 8.66. The molecule has 1 heterocycles. The first kappa shape index (κ1) is 9.28. The Hall–Kier alpha value is -1.28. The van der Waals surface area contributed by atoms with Crippen LogP contribution in [0.15, 0.2) is 30.5 Å². The first-order valence-corrected chi connectivity index (χ1v) is 4.86. The number of para-hydroxylation sites is 1. The average molecular weight is 189 g/mol. The highest BCUT2D eigenvalue weighted by Crippen LogP contribution is 2.19. The first-order valence-electron chi connectivity index (χ1n) is 4.86. The van der Waals surface area contributed by atoms with Crippen LogP contribution in [-0.4, -0.2) is 18.3 Å². The van der Waals surface area contributed by atoms with Gasteiger partial charge in [0.1, 0.15) is 0 Å². The number of hydrogen-bond acceptors (Lipinski definition) is 1. The third-order valence-corrected chi connectivity index (χ3v) is 2.53. The van der Waals surface area contributed by atoms with Crippen molar-refractivity contribution in [1.82, 2.24) is 4.57 Å². The van der Waals surface area contributed by atoms with Crippen LogP contribution in [0, 0.1) is 6.92 Å². The molecule has 1 aromatic carbocycles. The van der Waals surface area contributed by atoms with Crippen molar-refractivity contribution in [3.8, 4) is 0 Å². The molecule has 0 saturated heterocycles. The number of fused-ring (bicyclic) bond motifs is 1. The van der Waals surface area contributed by atoms with E-state index in [1.165, 1.54) is 16.5 Å². The van der Waals surface area contributed by atoms with Gasteiger partial charge in [-0.15, -0.1) is 0 Å². The van der Waals surface area contributed by atoms with Gasteiger partial charge in [0, 0.05) is 19.9 Å². The fourth-order valence-corrected chi connectivity index (χ4v) is 1.83. The summed E-state index contributed by atoms with van der Waals surface area (Å²) in [5, 5.41) is 1.31. The van der Waals surface area contributed by atoms with Gasteiger partial charge in [0.25, 0.3) is 0 Å². The molecule has 1 aromatic heterocycles. The maximum Gasteiger partial charge on any atom is 0.0641 e. The van der Waals surface area contributed by atoms with Crippen LogP contribution in [0.4, 0.5) is 0 Å². The minimum Gasteiger partial charge on any atom is -0.383 e. The molecule has 0 aliphatic carbocycles. The number of hydrogen-bond donors (Lipinski definition) is 0. The molecule has 0 spiro atoms. The maximum absolute atomic E-state index is 5.08. The molecule has 0 radical (unpaired) electrons. The van der Waals surface area contributed by atoms with E-state index in [1.807, 2.05) is 0 Å². The number of methoxy groups -OCH3 is 1. The number of rotatable bonds is 3. The smallest absolute Gasteiger partial charge is 0.0641 e. The fourth-order valence-electron chi connectivity index (χ4n) is 1.83. The van der Waals surface area contributed by atoms with Crippen LogP contribution in [0.3, 0.4) is 0 Å². The van der Waals surface area contributed by atoms with Crippen molar-refractivity contribution < 1.29 is 4.74 Å². The Morgan fingerprint density at radius 3 is 2.93 bits per heavy atom. The zero-order valence-corrected chi connectivity index (χ0v) is 8.66. The number of nitrogens with zero attached hydrogens (tertiary/aromatic N) is 1. The predicted molar refractivity (Wildman–Crippen MR) is 58.6 cm³/mol. The Morgan fingerprint density at radius 2 is 2.14 bits per heavy atom. The normalized spacial score (nSPS) is 11.0. The van der Waals surface area contributed by atoms with Gasteiger partial charge >= 0.3 is 0 Å². The topological polar surface area (TPSA) is 14.2 Å². The Balaban J connectivity index is 2.45. The fraction of sp³-hybridized carbons (Fsp3) is 0.333. The highest BCUT2D eigenvalue weighted by atomic mass is 16.5. The van der Waals surface area contributed by atoms with E-state index >= 15 is 0 Å². The van der Waals surface area contributed by atoms with Gasteiger partial charge in [0.2, 0.25) is 0 Å². The number of aromatic nitrogens is 1. The van der Waals surface area contributed by atoms with Crippen LogP contribution in [0.1, 0.15) is 5.56 Å². The van der Waals surface area contributed by atoms with Crippen molar-refractivity contribution in [1.29, 1.82) is 0 Å². The minimum absolute atomic E-state index is 0.762. The van der Waals surface area contributed by atoms with E-state index in [4.69, 9.17) is 4.74 Å². The zero-order chi connectivity index (χ0) is 9.97. The molecule has 0 fully saturated rings. The molecule has 0 N–H and O–H groups in total. The number of aryl methyl sites for hydroxylation is 1. The van der Waals surface area contributed by atoms with E-state index in [2.05, 4.69) is 42.0 Å². The third kappa shape index (κ3) is 1.53. The monoisotopic (exact) mass is 189 g/mol. The Morgan fingerprint density at radius 1 is 1.29 bits per heavy atom. The maximum atomic E-state index is 5.08. The van der Waals surface area contributed by atoms with Gasteiger partial charge in [-0.3, -0.25) is 0 Å². The Kier molecular flexibility index (Phi) is 2.55. The molecule has 0 aliphatic heterocycles. The first-order chi connectivity index (χ1) is 6.83. The molecule has 74 valence electrons. The Bertz CT molecular complexity index is 431. The molecule has 14 heavy (non-hydrogen) atoms. The van der Waals surface area contributed by atoms with Crippen LogP contribution < -0.4 is 0 Å². The molecule has 0 saturated carbocycles. The van der Waals surface area contributed by atoms with Crippen LogP contribution in [0.5, 0.6) is 0 Å². The lowest BCUT2D eigenvalue weighted by molar-refractivity contribution is 0.188. The van der Waals surface area contributed by atoms with E-state index in [0.717, 1.165) is 13.2 Å². The summed E-state index contributed by atoms with van der Waals surface area (Å²) in [5.74, 6) is 0. The van der Waals surface area contributed by atoms with E-state index in [9.17, 15) is 0 Å². The summed E-state index contributed by atoms with van der Waals surface area (Å²) >= 11 is 0. The molecule has 2 heteroatoms. The molecule has 2 rings (SSSR count). The van der Waals surface area contributed by atoms with Crippen LogP contribution in [0.25, 0.3) is 10.9 Å². The quantitative estimate of drug-likeness (QED) is 0.724. The van der Waals surface area contributed by atoms with Crippen LogP contribution >= 0.6 is 0 Å². The highest BCUT2D eigenvalue weighted by Gasteiger charge is 2.02. The molecule has 0 amide bonds. The molecular weight excluding hydrogens is 174 g/mol. The van der Waals surface area contributed by atoms with Gasteiger partial charge in [-0.1, -0.05) is 18.2 Å². The molecule has 2 aromatic rings. The van der Waals surface area contributed by atoms with Crippen molar-refractivity contribution in [2.24, 2.45) is 0 Å². The van der Waals surface area contributed by atoms with Gasteiger partial charge in [0.15, 0.2) is 0 Å². The largest absolute Gasteiger partial charge is 0.383 e. The van der Waals surface area contributed by atoms with Gasteiger partial charge < -0.3 is 9.30 Å². The van der Waals surface area contributed by atoms with Crippen LogP contribution in [0.2, 0.25) is 0 Å². The van der Waals surface area contributed by atoms with Crippen molar-refractivity contribution in [2.75, 3.05) is 13.7 Å². The van der Waals surface area contributed by atoms with E-state index in [0.29, 0.717) is 0 Å². The SMILES string of the molecule is COCCn1ccc2cccc(C)c21. The van der Waals surface area contributed by atoms with E-state index < -0.39 is 0 Å². The lowest BCUT2D eigenvalue weighted by atomic mass is 10.2. The number of ether oxygens (including phenoxy) is 1. The molecule has 0 aliphatic rings. The van der Waals surface area contributed by atoms with E-state index in [-0.39, 0.29) is 0 Å². The van der Waals surface area contributed by atoms with Crippen molar-refractivity contribution in [3.05, 3.63) is 36.0 Å². The molecule has 0 bridgehead atoms. The van der Waals surface area contributed by atoms with Crippen molar-refractivity contribution in [2.45, 2.75) is 13.5 Å². The molecule has 0 unspecified atom stereocenters. The molecular formula is C12H15NO. The summed E-state index contributed by atoms with van der Waals surface area (Å²) in [5.41, 5.74) is 2.65. The third-order valence-electron chi connectivity index (χ3n) is 2.53. The minimum atomic E-state index is 0.762. The summed E-state index contributed by atoms with van der Waals surface area (Å²) in [6.07, 6.45) is 2.12. The summed E-state index contributed by atoms with van der Waals surface area (Å²) in [6, 6.07) is 8.54. The lowest BCUT2D eigenvalue weighted by Crippen LogP contribution is -2.03. The van der Waals surface area contributed by atoms with E-state index in [1.54, 1.807) is 7.11 Å². The van der Waals surface area contributed by atoms with Crippen LogP contribution in [-0.2, 0) is 11.3 Å². The average Bonchev–Trinajstić information content (AvgIpc) is 2.59. The number of benzene rings is 1. The van der Waals surface area contributed by atoms with Gasteiger partial charge in [-0.2, -0.15) is 0 Å². The highest BCUT2D eigenvalue weighted by molar-refractivity contribution is 5.83. The Labute approximate surface area is 84.1 Å². The summed E-state index contributed by atoms with van der Waals surface area (Å²) in [6.45, 7) is 3.83. The molecule has 2 nitrogen and oxygen atoms in total. The van der Waals surface area contributed by atoms with Gasteiger partial charge in [-0.05, 0) is 23.9 Å². The van der Waals surface area contributed by atoms with Gasteiger partial charge in [0.05, 0.1) is 12.1 Å². The predicted octanol–water partition coefficient (Wildman–Crippen LogP) is 2.60. The molecule has 0 atom stereocenters. The lowest BCUT2D eigenvalue weighted by Gasteiger charge is -2.06. The summed E-state index contributed by atoms with van der Waals surface area (Å²) in [7, 11) is 1.73. The van der Waals surface area contributed by atoms with Crippen molar-refractivity contribution in [3.63, 3.8) is 0 Å².